The Labute approximate surface area is 376 Å². The maximum atomic E-state index is 12.6. The minimum absolute atomic E-state index is 0. The smallest absolute Gasteiger partial charge is 0.434 e. The van der Waals surface area contributed by atoms with Crippen LogP contribution >= 0.6 is 0 Å². The number of para-hydroxylation sites is 1. The van der Waals surface area contributed by atoms with E-state index in [0.29, 0.717) is 17.1 Å². The van der Waals surface area contributed by atoms with Crippen LogP contribution in [0.25, 0.3) is 55.9 Å². The molecule has 0 bridgehead atoms. The van der Waals surface area contributed by atoms with E-state index in [4.69, 9.17) is 14.4 Å². The van der Waals surface area contributed by atoms with Crippen LogP contribution < -0.4 is 14.8 Å². The fraction of sp³-hybridized carbons (Fsp3) is 0.222. The van der Waals surface area contributed by atoms with E-state index < -0.39 is 8.48 Å². The number of aromatic hydroxyl groups is 1. The molecule has 0 saturated heterocycles. The number of rotatable bonds is 5. The Morgan fingerprint density at radius 2 is 1.20 bits per heavy atom. The van der Waals surface area contributed by atoms with E-state index >= 15 is 0 Å². The average molecular weight is 998 g/mol. The number of aromatic nitrogens is 3. The average Bonchev–Trinajstić information content (AvgIpc) is 3.63. The minimum Gasteiger partial charge on any atom is -0.517 e. The second-order valence-corrected chi connectivity index (χ2v) is 22.3. The number of imidazole rings is 1. The largest absolute Gasteiger partial charge is 0.517 e. The maximum Gasteiger partial charge on any atom is 0.434 e. The zero-order valence-corrected chi connectivity index (χ0v) is 39.6. The van der Waals surface area contributed by atoms with Crippen molar-refractivity contribution in [1.29, 1.82) is 0 Å². The summed E-state index contributed by atoms with van der Waals surface area (Å²) in [4.78, 5) is 10.6. The molecule has 0 fully saturated rings. The minimum atomic E-state index is -3.46. The fourth-order valence-electron chi connectivity index (χ4n) is 8.64. The Morgan fingerprint density at radius 1 is 0.607 bits per heavy atom. The van der Waals surface area contributed by atoms with Gasteiger partial charge in [-0.3, -0.25) is 4.98 Å². The third kappa shape index (κ3) is 7.28. The molecule has 0 atom stereocenters. The van der Waals surface area contributed by atoms with Crippen LogP contribution in [0.2, 0.25) is 0 Å². The van der Waals surface area contributed by atoms with Gasteiger partial charge >= 0.3 is 8.48 Å². The molecular weight excluding hydrogens is 946 g/mol. The molecule has 0 aliphatic carbocycles. The monoisotopic (exact) mass is 997 g/mol. The molecule has 7 heteroatoms. The number of hydrogen-bond acceptors (Lipinski definition) is 4. The van der Waals surface area contributed by atoms with Crippen LogP contribution in [0.1, 0.15) is 79.0 Å². The molecule has 0 radical (unpaired) electrons. The molecule has 0 amide bonds. The molecule has 61 heavy (non-hydrogen) atoms. The van der Waals surface area contributed by atoms with E-state index in [2.05, 4.69) is 206 Å². The molecule has 0 saturated carbocycles. The number of fused-ring (bicyclic) bond motifs is 5. The van der Waals surface area contributed by atoms with Crippen LogP contribution in [0, 0.1) is 6.07 Å². The van der Waals surface area contributed by atoms with Crippen molar-refractivity contribution in [1.82, 2.24) is 14.2 Å². The van der Waals surface area contributed by atoms with Crippen LogP contribution in [0.5, 0.6) is 11.5 Å². The Morgan fingerprint density at radius 3 is 1.79 bits per heavy atom. The first kappa shape index (κ1) is 42.1. The van der Waals surface area contributed by atoms with Crippen molar-refractivity contribution in [2.24, 2.45) is 0 Å². The maximum absolute atomic E-state index is 12.6. The van der Waals surface area contributed by atoms with Crippen LogP contribution in [0.15, 0.2) is 146 Å². The molecule has 0 unspecified atom stereocenters. The second-order valence-electron chi connectivity index (χ2n) is 19.2. The summed E-state index contributed by atoms with van der Waals surface area (Å²) in [6.45, 7) is 19.9. The normalized spacial score (nSPS) is 13.5. The van der Waals surface area contributed by atoms with Gasteiger partial charge in [0.1, 0.15) is 17.3 Å². The molecule has 310 valence electrons. The van der Waals surface area contributed by atoms with Gasteiger partial charge in [0.05, 0.1) is 16.6 Å². The molecular formula is C54H52N3O2PtSi-. The first-order valence-electron chi connectivity index (χ1n) is 20.9. The van der Waals surface area contributed by atoms with E-state index in [1.807, 2.05) is 12.3 Å². The van der Waals surface area contributed by atoms with Crippen LogP contribution in [-0.2, 0) is 37.3 Å². The molecule has 1 aliphatic rings. The summed E-state index contributed by atoms with van der Waals surface area (Å²) in [5.41, 5.74) is 10.6. The zero-order valence-electron chi connectivity index (χ0n) is 36.4. The SMILES string of the molecule is CC(C)(C)c1cc(-c2cc(-c3ccccc3)ccn2)[c-]c(-c2cccc3c2nc2n3[Si](c3ccccc3)(c3ccccc3)Oc3c(C(C)(C)C)cc(C(C)(C)C)c(O)c3-2)c1.[Pt]. The molecule has 2 aromatic heterocycles. The molecule has 5 nitrogen and oxygen atoms in total. The van der Waals surface area contributed by atoms with Gasteiger partial charge in [-0.05, 0) is 51.1 Å². The predicted molar refractivity (Wildman–Crippen MR) is 250 cm³/mol. The summed E-state index contributed by atoms with van der Waals surface area (Å²) in [6, 6.07) is 52.8. The van der Waals surface area contributed by atoms with Gasteiger partial charge in [-0.25, -0.2) is 4.98 Å². The summed E-state index contributed by atoms with van der Waals surface area (Å²) >= 11 is 0. The van der Waals surface area contributed by atoms with Crippen molar-refractivity contribution in [2.45, 2.75) is 78.6 Å². The number of phenolic OH excluding ortho intramolecular Hbond substituents is 1. The summed E-state index contributed by atoms with van der Waals surface area (Å²) < 4.78 is 10.2. The molecule has 3 heterocycles. The number of nitrogens with zero attached hydrogens (tertiary/aromatic N) is 3. The van der Waals surface area contributed by atoms with Gasteiger partial charge in [-0.1, -0.05) is 183 Å². The Hall–Kier alpha value is -5.55. The Balaban J connectivity index is 0.00000514. The molecule has 8 aromatic rings. The van der Waals surface area contributed by atoms with Crippen molar-refractivity contribution < 1.29 is 30.6 Å². The van der Waals surface area contributed by atoms with E-state index in [0.717, 1.165) is 66.0 Å². The third-order valence-corrected chi connectivity index (χ3v) is 15.7. The van der Waals surface area contributed by atoms with Gasteiger partial charge in [0.15, 0.2) is 0 Å². The van der Waals surface area contributed by atoms with Crippen LogP contribution in [-0.4, -0.2) is 27.8 Å². The summed E-state index contributed by atoms with van der Waals surface area (Å²) in [6.07, 6.45) is 1.89. The number of pyridine rings is 1. The standard InChI is InChI=1S/C54H52N3O2Si.Pt/c1-52(2,3)39-31-37(30-38(32-39)45-33-36(28-29-55-45)35-20-13-10-14-21-35)42-26-19-27-46-48(42)56-51-47-49(58)43(53(4,5)6)34-44(54(7,8)9)50(47)59-60(57(46)51,40-22-15-11-16-23-40)41-24-17-12-18-25-41;/h10-29,31-34,58H,1-9H3;/q-1;. The van der Waals surface area contributed by atoms with Crippen LogP contribution in [0.3, 0.4) is 0 Å². The van der Waals surface area contributed by atoms with Gasteiger partial charge in [0, 0.05) is 48.9 Å². The molecule has 0 spiro atoms. The van der Waals surface area contributed by atoms with E-state index in [1.54, 1.807) is 0 Å². The van der Waals surface area contributed by atoms with Gasteiger partial charge < -0.3 is 13.8 Å². The van der Waals surface area contributed by atoms with E-state index in [-0.39, 0.29) is 43.1 Å². The quantitative estimate of drug-likeness (QED) is 0.138. The predicted octanol–water partition coefficient (Wildman–Crippen LogP) is 12.0. The second kappa shape index (κ2) is 15.4. The third-order valence-electron chi connectivity index (χ3n) is 11.8. The van der Waals surface area contributed by atoms with Gasteiger partial charge in [-0.2, -0.15) is 0 Å². The summed E-state index contributed by atoms with van der Waals surface area (Å²) in [5, 5.41) is 14.8. The van der Waals surface area contributed by atoms with Gasteiger partial charge in [-0.15, -0.1) is 29.3 Å². The number of phenols is 1. The molecule has 1 aliphatic heterocycles. The fourth-order valence-corrected chi connectivity index (χ4v) is 12.6. The first-order chi connectivity index (χ1) is 28.6. The van der Waals surface area contributed by atoms with Crippen molar-refractivity contribution in [3.8, 4) is 56.4 Å². The molecule has 1 N–H and O–H groups in total. The molecule has 6 aromatic carbocycles. The number of benzene rings is 6. The van der Waals surface area contributed by atoms with Crippen LogP contribution in [0.4, 0.5) is 0 Å². The summed E-state index contributed by atoms with van der Waals surface area (Å²) in [5.74, 6) is 1.61. The topological polar surface area (TPSA) is 60.2 Å². The van der Waals surface area contributed by atoms with Crippen molar-refractivity contribution in [2.75, 3.05) is 0 Å². The van der Waals surface area contributed by atoms with Crippen molar-refractivity contribution in [3.63, 3.8) is 0 Å². The Bertz CT molecular complexity index is 2870. The van der Waals surface area contributed by atoms with E-state index in [1.165, 1.54) is 5.56 Å². The van der Waals surface area contributed by atoms with Gasteiger partial charge in [0.25, 0.3) is 0 Å². The number of hydrogen-bond donors (Lipinski definition) is 1. The zero-order chi connectivity index (χ0) is 42.2. The van der Waals surface area contributed by atoms with Crippen molar-refractivity contribution >= 4 is 29.9 Å². The first-order valence-corrected chi connectivity index (χ1v) is 22.7. The Kier molecular flexibility index (Phi) is 10.7. The van der Waals surface area contributed by atoms with Crippen molar-refractivity contribution in [3.05, 3.63) is 168 Å². The van der Waals surface area contributed by atoms with E-state index in [9.17, 15) is 5.11 Å². The molecule has 9 rings (SSSR count). The summed E-state index contributed by atoms with van der Waals surface area (Å²) in [7, 11) is -3.46. The van der Waals surface area contributed by atoms with Gasteiger partial charge in [0.2, 0.25) is 0 Å².